The predicted molar refractivity (Wildman–Crippen MR) is 92.1 cm³/mol. The fourth-order valence-corrected chi connectivity index (χ4v) is 3.21. The Bertz CT molecular complexity index is 775. The van der Waals surface area contributed by atoms with E-state index in [-0.39, 0.29) is 0 Å². The Balaban J connectivity index is 1.71. The summed E-state index contributed by atoms with van der Waals surface area (Å²) in [5.41, 5.74) is 2.18. The number of hydrogen-bond acceptors (Lipinski definition) is 4. The molecule has 1 N–H and O–H groups in total. The summed E-state index contributed by atoms with van der Waals surface area (Å²) in [6.07, 6.45) is 0. The van der Waals surface area contributed by atoms with Gasteiger partial charge in [-0.25, -0.2) is 4.98 Å². The molecule has 0 spiro atoms. The highest BCUT2D eigenvalue weighted by Crippen LogP contribution is 2.27. The second-order valence-corrected chi connectivity index (χ2v) is 6.38. The van der Waals surface area contributed by atoms with Crippen molar-refractivity contribution in [2.24, 2.45) is 0 Å². The Morgan fingerprint density at radius 1 is 1.18 bits per heavy atom. The van der Waals surface area contributed by atoms with Gasteiger partial charge in [-0.3, -0.25) is 5.10 Å². The quantitative estimate of drug-likeness (QED) is 0.665. The van der Waals surface area contributed by atoms with Crippen molar-refractivity contribution in [1.82, 2.24) is 15.2 Å². The topological polar surface area (TPSA) is 50.8 Å². The molecule has 0 aliphatic carbocycles. The van der Waals surface area contributed by atoms with E-state index in [0.29, 0.717) is 0 Å². The van der Waals surface area contributed by atoms with E-state index in [9.17, 15) is 0 Å². The highest BCUT2D eigenvalue weighted by molar-refractivity contribution is 9.10. The summed E-state index contributed by atoms with van der Waals surface area (Å²) < 4.78 is 6.23. The van der Waals surface area contributed by atoms with Gasteiger partial charge in [-0.1, -0.05) is 58.0 Å². The van der Waals surface area contributed by atoms with Crippen molar-refractivity contribution in [2.75, 3.05) is 7.11 Å². The molecule has 2 aromatic carbocycles. The van der Waals surface area contributed by atoms with Crippen LogP contribution in [0.2, 0.25) is 0 Å². The van der Waals surface area contributed by atoms with E-state index >= 15 is 0 Å². The fraction of sp³-hybridized carbons (Fsp3) is 0.125. The molecule has 0 unspecified atom stereocenters. The third-order valence-corrected chi connectivity index (χ3v) is 4.71. The minimum Gasteiger partial charge on any atom is -0.497 e. The van der Waals surface area contributed by atoms with Crippen molar-refractivity contribution in [3.8, 4) is 17.1 Å². The number of halogens is 1. The van der Waals surface area contributed by atoms with Crippen molar-refractivity contribution in [1.29, 1.82) is 0 Å². The first-order valence-electron chi connectivity index (χ1n) is 6.69. The van der Waals surface area contributed by atoms with Crippen LogP contribution in [0.15, 0.2) is 58.2 Å². The maximum absolute atomic E-state index is 5.23. The lowest BCUT2D eigenvalue weighted by Gasteiger charge is -2.02. The number of benzene rings is 2. The number of H-pyrrole nitrogens is 1. The summed E-state index contributed by atoms with van der Waals surface area (Å²) in [4.78, 5) is 4.53. The first kappa shape index (κ1) is 15.1. The molecular formula is C16H14BrN3OS. The van der Waals surface area contributed by atoms with Gasteiger partial charge in [0.15, 0.2) is 5.82 Å². The molecule has 3 rings (SSSR count). The van der Waals surface area contributed by atoms with Crippen molar-refractivity contribution < 1.29 is 4.74 Å². The van der Waals surface area contributed by atoms with Crippen LogP contribution >= 0.6 is 27.7 Å². The number of thioether (sulfide) groups is 1. The molecule has 0 bridgehead atoms. The monoisotopic (exact) mass is 375 g/mol. The maximum Gasteiger partial charge on any atom is 0.209 e. The molecule has 112 valence electrons. The third kappa shape index (κ3) is 3.51. The van der Waals surface area contributed by atoms with Gasteiger partial charge < -0.3 is 4.74 Å². The van der Waals surface area contributed by atoms with E-state index in [1.807, 2.05) is 42.5 Å². The van der Waals surface area contributed by atoms with Crippen LogP contribution in [0.5, 0.6) is 5.75 Å². The van der Waals surface area contributed by atoms with Crippen LogP contribution in [0.3, 0.4) is 0 Å². The van der Waals surface area contributed by atoms with E-state index in [4.69, 9.17) is 4.74 Å². The summed E-state index contributed by atoms with van der Waals surface area (Å²) >= 11 is 5.12. The molecular weight excluding hydrogens is 362 g/mol. The number of methoxy groups -OCH3 is 1. The number of aromatic nitrogens is 3. The number of rotatable bonds is 5. The van der Waals surface area contributed by atoms with E-state index in [1.54, 1.807) is 18.9 Å². The summed E-state index contributed by atoms with van der Waals surface area (Å²) in [6.45, 7) is 0. The zero-order chi connectivity index (χ0) is 15.4. The van der Waals surface area contributed by atoms with E-state index < -0.39 is 0 Å². The number of nitrogens with one attached hydrogen (secondary N) is 1. The average molecular weight is 376 g/mol. The first-order chi connectivity index (χ1) is 10.8. The molecule has 0 aliphatic rings. The molecule has 0 saturated carbocycles. The lowest BCUT2D eigenvalue weighted by molar-refractivity contribution is 0.414. The van der Waals surface area contributed by atoms with Gasteiger partial charge in [0, 0.05) is 15.8 Å². The first-order valence-corrected chi connectivity index (χ1v) is 8.47. The molecule has 4 nitrogen and oxygen atoms in total. The molecule has 0 amide bonds. The second-order valence-electron chi connectivity index (χ2n) is 4.59. The number of nitrogens with zero attached hydrogens (tertiary/aromatic N) is 2. The number of aromatic amines is 1. The Labute approximate surface area is 141 Å². The van der Waals surface area contributed by atoms with Crippen LogP contribution in [0, 0.1) is 0 Å². The highest BCUT2D eigenvalue weighted by Gasteiger charge is 2.09. The summed E-state index contributed by atoms with van der Waals surface area (Å²) in [5, 5.41) is 7.98. The van der Waals surface area contributed by atoms with Crippen LogP contribution in [0.4, 0.5) is 0 Å². The van der Waals surface area contributed by atoms with E-state index in [1.165, 1.54) is 5.56 Å². The van der Waals surface area contributed by atoms with Crippen molar-refractivity contribution >= 4 is 27.7 Å². The Hall–Kier alpha value is -1.79. The molecule has 0 aliphatic heterocycles. The van der Waals surface area contributed by atoms with Gasteiger partial charge in [0.25, 0.3) is 0 Å². The van der Waals surface area contributed by atoms with Gasteiger partial charge >= 0.3 is 0 Å². The Morgan fingerprint density at radius 3 is 2.86 bits per heavy atom. The minimum absolute atomic E-state index is 0.730. The zero-order valence-electron chi connectivity index (χ0n) is 11.9. The van der Waals surface area contributed by atoms with Crippen LogP contribution in [0.25, 0.3) is 11.4 Å². The van der Waals surface area contributed by atoms with Gasteiger partial charge in [0.05, 0.1) is 7.11 Å². The smallest absolute Gasteiger partial charge is 0.209 e. The molecule has 0 saturated heterocycles. The average Bonchev–Trinajstić information content (AvgIpc) is 3.02. The summed E-state index contributed by atoms with van der Waals surface area (Å²) in [5.74, 6) is 2.42. The lowest BCUT2D eigenvalue weighted by atomic mass is 10.2. The van der Waals surface area contributed by atoms with Gasteiger partial charge in [-0.15, -0.1) is 5.10 Å². The number of ether oxygens (including phenoxy) is 1. The van der Waals surface area contributed by atoms with Crippen LogP contribution in [0.1, 0.15) is 5.56 Å². The molecule has 0 fully saturated rings. The second kappa shape index (κ2) is 6.98. The van der Waals surface area contributed by atoms with Gasteiger partial charge in [0.1, 0.15) is 5.75 Å². The minimum atomic E-state index is 0.730. The molecule has 22 heavy (non-hydrogen) atoms. The normalized spacial score (nSPS) is 10.6. The van der Waals surface area contributed by atoms with Crippen molar-refractivity contribution in [2.45, 2.75) is 10.9 Å². The maximum atomic E-state index is 5.23. The molecule has 1 heterocycles. The van der Waals surface area contributed by atoms with E-state index in [2.05, 4.69) is 37.2 Å². The summed E-state index contributed by atoms with van der Waals surface area (Å²) in [6, 6.07) is 16.0. The highest BCUT2D eigenvalue weighted by atomic mass is 79.9. The SMILES string of the molecule is COc1cccc(CSc2n[nH]c(-c3ccccc3Br)n2)c1. The Morgan fingerprint density at radius 2 is 2.05 bits per heavy atom. The number of hydrogen-bond donors (Lipinski definition) is 1. The molecule has 3 aromatic rings. The third-order valence-electron chi connectivity index (χ3n) is 3.10. The molecule has 1 aromatic heterocycles. The lowest BCUT2D eigenvalue weighted by Crippen LogP contribution is -1.86. The van der Waals surface area contributed by atoms with E-state index in [0.717, 1.165) is 32.5 Å². The van der Waals surface area contributed by atoms with Gasteiger partial charge in [-0.2, -0.15) is 0 Å². The van der Waals surface area contributed by atoms with Gasteiger partial charge in [0.2, 0.25) is 5.16 Å². The van der Waals surface area contributed by atoms with Crippen LogP contribution in [-0.4, -0.2) is 22.3 Å². The largest absolute Gasteiger partial charge is 0.497 e. The zero-order valence-corrected chi connectivity index (χ0v) is 14.3. The van der Waals surface area contributed by atoms with Gasteiger partial charge in [-0.05, 0) is 23.8 Å². The molecule has 0 atom stereocenters. The van der Waals surface area contributed by atoms with Crippen molar-refractivity contribution in [3.05, 3.63) is 58.6 Å². The molecule has 6 heteroatoms. The predicted octanol–water partition coefficient (Wildman–Crippen LogP) is 4.54. The summed E-state index contributed by atoms with van der Waals surface area (Å²) in [7, 11) is 1.67. The Kier molecular flexibility index (Phi) is 4.80. The standard InChI is InChI=1S/C16H14BrN3OS/c1-21-12-6-4-5-11(9-12)10-22-16-18-15(19-20-16)13-7-2-3-8-14(13)17/h2-9H,10H2,1H3,(H,18,19,20). The van der Waals surface area contributed by atoms with Crippen LogP contribution in [-0.2, 0) is 5.75 Å². The molecule has 0 radical (unpaired) electrons. The van der Waals surface area contributed by atoms with Crippen molar-refractivity contribution in [3.63, 3.8) is 0 Å². The fourth-order valence-electron chi connectivity index (χ4n) is 1.99. The van der Waals surface area contributed by atoms with Crippen LogP contribution < -0.4 is 4.74 Å².